The fraction of sp³-hybridized carbons (Fsp3) is 1.00. The summed E-state index contributed by atoms with van der Waals surface area (Å²) >= 11 is 0. The molecule has 0 bridgehead atoms. The third-order valence-electron chi connectivity index (χ3n) is 9.80. The molecule has 3 rings (SSSR count). The SMILES string of the molecule is CC1CCC(CCCCC2CCCCC(C3CCCCCCCCC3)CCCC2)CC1. The van der Waals surface area contributed by atoms with Crippen LogP contribution < -0.4 is 0 Å². The second kappa shape index (κ2) is 15.8. The highest BCUT2D eigenvalue weighted by Gasteiger charge is 2.23. The Morgan fingerprint density at radius 1 is 0.387 bits per heavy atom. The number of unbranched alkanes of at least 4 members (excludes halogenated alkanes) is 1. The van der Waals surface area contributed by atoms with Crippen LogP contribution in [0.2, 0.25) is 0 Å². The maximum absolute atomic E-state index is 2.46. The molecule has 0 N–H and O–H groups in total. The van der Waals surface area contributed by atoms with Crippen molar-refractivity contribution in [3.63, 3.8) is 0 Å². The van der Waals surface area contributed by atoms with Crippen LogP contribution in [0.3, 0.4) is 0 Å². The van der Waals surface area contributed by atoms with Crippen molar-refractivity contribution in [2.24, 2.45) is 29.6 Å². The van der Waals surface area contributed by atoms with E-state index in [2.05, 4.69) is 6.92 Å². The van der Waals surface area contributed by atoms with Crippen molar-refractivity contribution in [1.29, 1.82) is 0 Å². The predicted octanol–water partition coefficient (Wildman–Crippen LogP) is 10.9. The van der Waals surface area contributed by atoms with Gasteiger partial charge in [-0.1, -0.05) is 167 Å². The summed E-state index contributed by atoms with van der Waals surface area (Å²) in [6, 6.07) is 0. The minimum absolute atomic E-state index is 1.01. The van der Waals surface area contributed by atoms with Gasteiger partial charge in [0.15, 0.2) is 0 Å². The second-order valence-electron chi connectivity index (χ2n) is 12.4. The van der Waals surface area contributed by atoms with Crippen LogP contribution in [0, 0.1) is 29.6 Å². The molecule has 0 saturated heterocycles. The van der Waals surface area contributed by atoms with Gasteiger partial charge in [0.2, 0.25) is 0 Å². The van der Waals surface area contributed by atoms with Crippen molar-refractivity contribution in [2.75, 3.05) is 0 Å². The van der Waals surface area contributed by atoms with Crippen molar-refractivity contribution >= 4 is 0 Å². The van der Waals surface area contributed by atoms with E-state index in [4.69, 9.17) is 0 Å². The van der Waals surface area contributed by atoms with Crippen molar-refractivity contribution < 1.29 is 0 Å². The van der Waals surface area contributed by atoms with Gasteiger partial charge in [0.25, 0.3) is 0 Å². The van der Waals surface area contributed by atoms with E-state index in [0.717, 1.165) is 29.6 Å². The lowest BCUT2D eigenvalue weighted by molar-refractivity contribution is 0.222. The minimum Gasteiger partial charge on any atom is -0.0625 e. The van der Waals surface area contributed by atoms with E-state index in [0.29, 0.717) is 0 Å². The van der Waals surface area contributed by atoms with Crippen molar-refractivity contribution in [2.45, 2.75) is 167 Å². The van der Waals surface area contributed by atoms with Crippen LogP contribution in [-0.4, -0.2) is 0 Å². The zero-order valence-corrected chi connectivity index (χ0v) is 21.6. The lowest BCUT2D eigenvalue weighted by Gasteiger charge is -2.30. The van der Waals surface area contributed by atoms with Crippen LogP contribution in [-0.2, 0) is 0 Å². The second-order valence-corrected chi connectivity index (χ2v) is 12.4. The molecule has 3 saturated carbocycles. The van der Waals surface area contributed by atoms with E-state index in [1.807, 2.05) is 0 Å². The lowest BCUT2D eigenvalue weighted by atomic mass is 9.76. The topological polar surface area (TPSA) is 0 Å². The molecule has 0 nitrogen and oxygen atoms in total. The van der Waals surface area contributed by atoms with Gasteiger partial charge in [-0.25, -0.2) is 0 Å². The van der Waals surface area contributed by atoms with E-state index in [-0.39, 0.29) is 0 Å². The van der Waals surface area contributed by atoms with Crippen LogP contribution in [0.5, 0.6) is 0 Å². The summed E-state index contributed by atoms with van der Waals surface area (Å²) < 4.78 is 0. The van der Waals surface area contributed by atoms with E-state index in [1.54, 1.807) is 51.4 Å². The van der Waals surface area contributed by atoms with E-state index >= 15 is 0 Å². The molecular weight excluding hydrogens is 372 g/mol. The first-order valence-electron chi connectivity index (χ1n) is 15.3. The standard InChI is InChI=1S/C31H58/c1-27-23-25-29(26-24-27)18-10-9-15-28-16-11-13-21-31(22-14-12-17-28)30-19-7-5-3-2-4-6-8-20-30/h27-31H,2-26H2,1H3. The van der Waals surface area contributed by atoms with Gasteiger partial charge in [-0.3, -0.25) is 0 Å². The molecule has 0 aromatic carbocycles. The van der Waals surface area contributed by atoms with E-state index in [9.17, 15) is 0 Å². The van der Waals surface area contributed by atoms with Gasteiger partial charge in [-0.2, -0.15) is 0 Å². The van der Waals surface area contributed by atoms with E-state index in [1.165, 1.54) is 109 Å². The molecular formula is C31H58. The zero-order valence-electron chi connectivity index (χ0n) is 21.6. The maximum Gasteiger partial charge on any atom is -0.0386 e. The van der Waals surface area contributed by atoms with Gasteiger partial charge in [0, 0.05) is 0 Å². The fourth-order valence-corrected chi connectivity index (χ4v) is 7.52. The average Bonchev–Trinajstić information content (AvgIpc) is 2.80. The quantitative estimate of drug-likeness (QED) is 0.367. The molecule has 0 aromatic rings. The fourth-order valence-electron chi connectivity index (χ4n) is 7.52. The molecule has 0 heterocycles. The largest absolute Gasteiger partial charge is 0.0625 e. The zero-order chi connectivity index (χ0) is 21.6. The highest BCUT2D eigenvalue weighted by atomic mass is 14.3. The maximum atomic E-state index is 2.46. The molecule has 0 spiro atoms. The highest BCUT2D eigenvalue weighted by molar-refractivity contribution is 4.75. The van der Waals surface area contributed by atoms with Gasteiger partial charge in [0.05, 0.1) is 0 Å². The number of hydrogen-bond donors (Lipinski definition) is 0. The molecule has 0 atom stereocenters. The van der Waals surface area contributed by atoms with Gasteiger partial charge in [-0.05, 0) is 29.6 Å². The summed E-state index contributed by atoms with van der Waals surface area (Å²) in [6.45, 7) is 2.46. The first kappa shape index (κ1) is 25.6. The Labute approximate surface area is 197 Å². The van der Waals surface area contributed by atoms with Gasteiger partial charge in [-0.15, -0.1) is 0 Å². The monoisotopic (exact) mass is 430 g/mol. The number of hydrogen-bond acceptors (Lipinski definition) is 0. The van der Waals surface area contributed by atoms with Crippen molar-refractivity contribution in [3.8, 4) is 0 Å². The van der Waals surface area contributed by atoms with Crippen molar-refractivity contribution in [3.05, 3.63) is 0 Å². The summed E-state index contributed by atoms with van der Waals surface area (Å²) in [5.74, 6) is 5.32. The normalized spacial score (nSPS) is 33.6. The third kappa shape index (κ3) is 10.6. The Hall–Kier alpha value is 0. The molecule has 182 valence electrons. The van der Waals surface area contributed by atoms with Gasteiger partial charge in [0.1, 0.15) is 0 Å². The molecule has 0 amide bonds. The summed E-state index contributed by atoms with van der Waals surface area (Å²) in [7, 11) is 0. The molecule has 3 fully saturated rings. The lowest BCUT2D eigenvalue weighted by Crippen LogP contribution is -2.17. The van der Waals surface area contributed by atoms with E-state index < -0.39 is 0 Å². The summed E-state index contributed by atoms with van der Waals surface area (Å²) in [4.78, 5) is 0. The van der Waals surface area contributed by atoms with Crippen LogP contribution >= 0.6 is 0 Å². The van der Waals surface area contributed by atoms with Gasteiger partial charge >= 0.3 is 0 Å². The Bertz CT molecular complexity index is 396. The predicted molar refractivity (Wildman–Crippen MR) is 139 cm³/mol. The summed E-state index contributed by atoms with van der Waals surface area (Å²) in [6.07, 6.45) is 38.4. The molecule has 0 heteroatoms. The number of rotatable bonds is 6. The highest BCUT2D eigenvalue weighted by Crippen LogP contribution is 2.36. The van der Waals surface area contributed by atoms with Crippen molar-refractivity contribution in [1.82, 2.24) is 0 Å². The first-order valence-corrected chi connectivity index (χ1v) is 15.3. The molecule has 0 aliphatic heterocycles. The Balaban J connectivity index is 1.31. The average molecular weight is 431 g/mol. The molecule has 31 heavy (non-hydrogen) atoms. The smallest absolute Gasteiger partial charge is 0.0386 e. The van der Waals surface area contributed by atoms with Crippen LogP contribution in [0.4, 0.5) is 0 Å². The Morgan fingerprint density at radius 2 is 0.742 bits per heavy atom. The first-order chi connectivity index (χ1) is 15.3. The van der Waals surface area contributed by atoms with Gasteiger partial charge < -0.3 is 0 Å². The molecule has 3 aliphatic carbocycles. The third-order valence-corrected chi connectivity index (χ3v) is 9.80. The molecule has 0 unspecified atom stereocenters. The van der Waals surface area contributed by atoms with Crippen LogP contribution in [0.1, 0.15) is 167 Å². The molecule has 0 aromatic heterocycles. The van der Waals surface area contributed by atoms with Crippen LogP contribution in [0.15, 0.2) is 0 Å². The molecule has 0 radical (unpaired) electrons. The summed E-state index contributed by atoms with van der Waals surface area (Å²) in [5.41, 5.74) is 0. The molecule has 3 aliphatic rings. The minimum atomic E-state index is 1.01. The van der Waals surface area contributed by atoms with Crippen LogP contribution in [0.25, 0.3) is 0 Å². The summed E-state index contributed by atoms with van der Waals surface area (Å²) in [5, 5.41) is 0. The Kier molecular flexibility index (Phi) is 13.0. The Morgan fingerprint density at radius 3 is 1.23 bits per heavy atom.